The van der Waals surface area contributed by atoms with Gasteiger partial charge in [0, 0.05) is 25.9 Å². The minimum atomic E-state index is -1.18. The molecule has 0 saturated carbocycles. The first-order valence-corrected chi connectivity index (χ1v) is 6.77. The fourth-order valence-electron chi connectivity index (χ4n) is 2.32. The van der Waals surface area contributed by atoms with Gasteiger partial charge in [-0.25, -0.2) is 4.79 Å². The molecule has 1 unspecified atom stereocenters. The standard InChI is InChI=1S/C13H20N2O6/c1-3-14-10(16)5-4-9(12(18)19)15-7-8(6-11(15)17)13(20)21-2/h8-9H,3-7H2,1-2H3,(H,14,16)(H,18,19)/t8?,9-/m0/s1. The van der Waals surface area contributed by atoms with E-state index in [0.29, 0.717) is 6.54 Å². The van der Waals surface area contributed by atoms with Crippen molar-refractivity contribution in [2.75, 3.05) is 20.2 Å². The predicted octanol–water partition coefficient (Wildman–Crippen LogP) is -0.623. The molecule has 1 aliphatic rings. The van der Waals surface area contributed by atoms with Crippen molar-refractivity contribution in [2.45, 2.75) is 32.2 Å². The summed E-state index contributed by atoms with van der Waals surface area (Å²) in [7, 11) is 1.22. The molecule has 21 heavy (non-hydrogen) atoms. The third kappa shape index (κ3) is 4.44. The molecule has 2 amide bonds. The van der Waals surface area contributed by atoms with Crippen molar-refractivity contribution < 1.29 is 29.0 Å². The van der Waals surface area contributed by atoms with Crippen LogP contribution in [0, 0.1) is 5.92 Å². The summed E-state index contributed by atoms with van der Waals surface area (Å²) in [5, 5.41) is 11.8. The van der Waals surface area contributed by atoms with Crippen LogP contribution in [0.5, 0.6) is 0 Å². The number of carboxylic acids is 1. The normalized spacial score (nSPS) is 19.2. The van der Waals surface area contributed by atoms with Gasteiger partial charge in [-0.15, -0.1) is 0 Å². The Kier molecular flexibility index (Phi) is 6.13. The zero-order valence-corrected chi connectivity index (χ0v) is 12.1. The number of amides is 2. The van der Waals surface area contributed by atoms with Crippen molar-refractivity contribution in [3.63, 3.8) is 0 Å². The first-order chi connectivity index (χ1) is 9.90. The molecule has 0 aromatic rings. The Morgan fingerprint density at radius 3 is 2.67 bits per heavy atom. The molecular weight excluding hydrogens is 280 g/mol. The van der Waals surface area contributed by atoms with Gasteiger partial charge in [0.1, 0.15) is 6.04 Å². The van der Waals surface area contributed by atoms with Crippen LogP contribution in [0.25, 0.3) is 0 Å². The number of hydrogen-bond acceptors (Lipinski definition) is 5. The smallest absolute Gasteiger partial charge is 0.326 e. The second-order valence-corrected chi connectivity index (χ2v) is 4.82. The Morgan fingerprint density at radius 2 is 2.14 bits per heavy atom. The van der Waals surface area contributed by atoms with Crippen LogP contribution in [0.4, 0.5) is 0 Å². The summed E-state index contributed by atoms with van der Waals surface area (Å²) in [6, 6.07) is -1.10. The topological polar surface area (TPSA) is 113 Å². The maximum atomic E-state index is 11.9. The number of carboxylic acid groups (broad SMARTS) is 1. The highest BCUT2D eigenvalue weighted by molar-refractivity contribution is 5.90. The molecule has 0 bridgehead atoms. The van der Waals surface area contributed by atoms with Crippen LogP contribution in [0.1, 0.15) is 26.2 Å². The van der Waals surface area contributed by atoms with Crippen LogP contribution in [0.2, 0.25) is 0 Å². The van der Waals surface area contributed by atoms with Crippen molar-refractivity contribution in [1.29, 1.82) is 0 Å². The molecule has 0 spiro atoms. The number of rotatable bonds is 7. The maximum absolute atomic E-state index is 11.9. The van der Waals surface area contributed by atoms with Gasteiger partial charge in [-0.05, 0) is 13.3 Å². The lowest BCUT2D eigenvalue weighted by atomic mass is 10.1. The van der Waals surface area contributed by atoms with Crippen molar-refractivity contribution in [1.82, 2.24) is 10.2 Å². The Bertz CT molecular complexity index is 436. The number of methoxy groups -OCH3 is 1. The minimum absolute atomic E-state index is 0.0114. The van der Waals surface area contributed by atoms with Crippen molar-refractivity contribution >= 4 is 23.8 Å². The van der Waals surface area contributed by atoms with E-state index in [2.05, 4.69) is 10.1 Å². The minimum Gasteiger partial charge on any atom is -0.480 e. The summed E-state index contributed by atoms with van der Waals surface area (Å²) in [4.78, 5) is 47.2. The quantitative estimate of drug-likeness (QED) is 0.606. The maximum Gasteiger partial charge on any atom is 0.326 e. The summed E-state index contributed by atoms with van der Waals surface area (Å²) in [6.07, 6.45) is -0.0319. The Balaban J connectivity index is 2.68. The molecular formula is C13H20N2O6. The Morgan fingerprint density at radius 1 is 1.48 bits per heavy atom. The lowest BCUT2D eigenvalue weighted by molar-refractivity contribution is -0.149. The van der Waals surface area contributed by atoms with E-state index in [1.807, 2.05) is 0 Å². The van der Waals surface area contributed by atoms with E-state index in [-0.39, 0.29) is 31.7 Å². The highest BCUT2D eigenvalue weighted by Crippen LogP contribution is 2.23. The van der Waals surface area contributed by atoms with Gasteiger partial charge in [0.25, 0.3) is 0 Å². The first kappa shape index (κ1) is 16.9. The van der Waals surface area contributed by atoms with Gasteiger partial charge < -0.3 is 20.1 Å². The van der Waals surface area contributed by atoms with E-state index in [1.54, 1.807) is 6.92 Å². The van der Waals surface area contributed by atoms with Crippen LogP contribution >= 0.6 is 0 Å². The van der Waals surface area contributed by atoms with Crippen molar-refractivity contribution in [3.05, 3.63) is 0 Å². The van der Waals surface area contributed by atoms with Crippen LogP contribution in [-0.4, -0.2) is 60.0 Å². The largest absolute Gasteiger partial charge is 0.480 e. The molecule has 1 saturated heterocycles. The van der Waals surface area contributed by atoms with Crippen molar-refractivity contribution in [2.24, 2.45) is 5.92 Å². The van der Waals surface area contributed by atoms with Gasteiger partial charge in [-0.2, -0.15) is 0 Å². The average molecular weight is 300 g/mol. The second-order valence-electron chi connectivity index (χ2n) is 4.82. The van der Waals surface area contributed by atoms with Crippen LogP contribution in [-0.2, 0) is 23.9 Å². The molecule has 0 aromatic carbocycles. The first-order valence-electron chi connectivity index (χ1n) is 6.77. The summed E-state index contributed by atoms with van der Waals surface area (Å²) in [6.45, 7) is 2.24. The number of ether oxygens (including phenoxy) is 1. The van der Waals surface area contributed by atoms with Gasteiger partial charge in [-0.1, -0.05) is 0 Å². The number of esters is 1. The van der Waals surface area contributed by atoms with Gasteiger partial charge in [0.05, 0.1) is 13.0 Å². The molecule has 2 atom stereocenters. The summed E-state index contributed by atoms with van der Waals surface area (Å²) >= 11 is 0. The lowest BCUT2D eigenvalue weighted by Crippen LogP contribution is -2.43. The number of nitrogens with zero attached hydrogens (tertiary/aromatic N) is 1. The summed E-state index contributed by atoms with van der Waals surface area (Å²) in [5.41, 5.74) is 0. The monoisotopic (exact) mass is 300 g/mol. The lowest BCUT2D eigenvalue weighted by Gasteiger charge is -2.24. The van der Waals surface area contributed by atoms with E-state index in [4.69, 9.17) is 0 Å². The van der Waals surface area contributed by atoms with Crippen LogP contribution < -0.4 is 5.32 Å². The molecule has 1 aliphatic heterocycles. The number of aliphatic carboxylic acids is 1. The fraction of sp³-hybridized carbons (Fsp3) is 0.692. The molecule has 1 fully saturated rings. The Labute approximate surface area is 122 Å². The number of likely N-dealkylation sites (tertiary alicyclic amines) is 1. The molecule has 1 rings (SSSR count). The number of hydrogen-bond donors (Lipinski definition) is 2. The fourth-order valence-corrected chi connectivity index (χ4v) is 2.32. The zero-order valence-electron chi connectivity index (χ0n) is 12.1. The van der Waals surface area contributed by atoms with E-state index < -0.39 is 29.8 Å². The highest BCUT2D eigenvalue weighted by Gasteiger charge is 2.40. The molecule has 0 aromatic heterocycles. The van der Waals surface area contributed by atoms with Gasteiger partial charge >= 0.3 is 11.9 Å². The molecule has 2 N–H and O–H groups in total. The van der Waals surface area contributed by atoms with Crippen LogP contribution in [0.3, 0.4) is 0 Å². The Hall–Kier alpha value is -2.12. The molecule has 8 heteroatoms. The summed E-state index contributed by atoms with van der Waals surface area (Å²) in [5.74, 6) is -3.03. The third-order valence-corrected chi connectivity index (χ3v) is 3.37. The number of carbonyl (C=O) groups excluding carboxylic acids is 3. The zero-order chi connectivity index (χ0) is 16.0. The molecule has 0 radical (unpaired) electrons. The van der Waals surface area contributed by atoms with E-state index in [9.17, 15) is 24.3 Å². The van der Waals surface area contributed by atoms with E-state index in [0.717, 1.165) is 4.90 Å². The molecule has 1 heterocycles. The number of carbonyl (C=O) groups is 4. The molecule has 118 valence electrons. The summed E-state index contributed by atoms with van der Waals surface area (Å²) < 4.78 is 4.57. The van der Waals surface area contributed by atoms with Gasteiger partial charge in [0.15, 0.2) is 0 Å². The van der Waals surface area contributed by atoms with E-state index in [1.165, 1.54) is 7.11 Å². The highest BCUT2D eigenvalue weighted by atomic mass is 16.5. The van der Waals surface area contributed by atoms with Crippen molar-refractivity contribution in [3.8, 4) is 0 Å². The average Bonchev–Trinajstić information content (AvgIpc) is 2.80. The van der Waals surface area contributed by atoms with Gasteiger partial charge in [-0.3, -0.25) is 14.4 Å². The third-order valence-electron chi connectivity index (χ3n) is 3.37. The molecule has 0 aliphatic carbocycles. The molecule has 8 nitrogen and oxygen atoms in total. The number of nitrogens with one attached hydrogen (secondary N) is 1. The van der Waals surface area contributed by atoms with E-state index >= 15 is 0 Å². The predicted molar refractivity (Wildman–Crippen MR) is 71.2 cm³/mol. The second kappa shape index (κ2) is 7.61. The van der Waals surface area contributed by atoms with Crippen LogP contribution in [0.15, 0.2) is 0 Å². The van der Waals surface area contributed by atoms with Gasteiger partial charge in [0.2, 0.25) is 11.8 Å². The SMILES string of the molecule is CCNC(=O)CC[C@@H](C(=O)O)N1CC(C(=O)OC)CC1=O.